The van der Waals surface area contributed by atoms with Crippen LogP contribution in [0.2, 0.25) is 0 Å². The van der Waals surface area contributed by atoms with E-state index < -0.39 is 30.2 Å². The maximum atomic E-state index is 14.8. The van der Waals surface area contributed by atoms with E-state index in [-0.39, 0.29) is 64.2 Å². The summed E-state index contributed by atoms with van der Waals surface area (Å²) in [5, 5.41) is 11.7. The fourth-order valence-electron chi connectivity index (χ4n) is 7.03. The van der Waals surface area contributed by atoms with Gasteiger partial charge in [-0.1, -0.05) is 91.0 Å². The van der Waals surface area contributed by atoms with Crippen LogP contribution in [0.4, 0.5) is 5.69 Å². The maximum absolute atomic E-state index is 14.8. The van der Waals surface area contributed by atoms with Crippen molar-refractivity contribution in [2.45, 2.75) is 32.9 Å². The number of hydrogen-bond acceptors (Lipinski definition) is 15. The van der Waals surface area contributed by atoms with E-state index in [0.29, 0.717) is 63.7 Å². The predicted molar refractivity (Wildman–Crippen MR) is 237 cm³/mol. The molecule has 1 fully saturated rings. The highest BCUT2D eigenvalue weighted by molar-refractivity contribution is 7.58. The highest BCUT2D eigenvalue weighted by Gasteiger charge is 2.31. The summed E-state index contributed by atoms with van der Waals surface area (Å²) in [6.07, 6.45) is -0.146. The Labute approximate surface area is 369 Å². The third-order valence-corrected chi connectivity index (χ3v) is 12.8. The van der Waals surface area contributed by atoms with Crippen LogP contribution in [0.5, 0.6) is 5.75 Å². The fraction of sp³-hybridized carbons (Fsp3) is 0.413. The van der Waals surface area contributed by atoms with Gasteiger partial charge in [-0.25, -0.2) is 0 Å². The molecule has 1 aliphatic rings. The molecule has 4 aromatic carbocycles. The Balaban J connectivity index is 1.37. The third kappa shape index (κ3) is 17.3. The van der Waals surface area contributed by atoms with Crippen molar-refractivity contribution < 1.29 is 47.3 Å². The summed E-state index contributed by atoms with van der Waals surface area (Å²) >= 11 is 0. The number of hydrogen-bond donors (Lipinski definition) is 0. The Morgan fingerprint density at radius 2 is 0.984 bits per heavy atom. The van der Waals surface area contributed by atoms with Gasteiger partial charge in [0, 0.05) is 70.1 Å². The van der Waals surface area contributed by atoms with Crippen LogP contribution in [-0.2, 0) is 63.7 Å². The molecule has 0 aliphatic carbocycles. The van der Waals surface area contributed by atoms with E-state index in [1.807, 2.05) is 111 Å². The van der Waals surface area contributed by atoms with Gasteiger partial charge in [0.15, 0.2) is 0 Å². The molecule has 0 saturated carbocycles. The molecule has 1 aliphatic heterocycles. The van der Waals surface area contributed by atoms with Crippen LogP contribution in [0.1, 0.15) is 29.2 Å². The van der Waals surface area contributed by atoms with Crippen LogP contribution in [0.3, 0.4) is 0 Å². The standard InChI is InChI=1S/C46H58N5O11P/c1-3-62-63(57,36-41-29-42(51(55)56)19-20-43(41)58-2)37-50-27-25-48(31-45(53)60-34-39-15-9-5-10-16-39)23-21-47(30-44(52)59-33-38-13-7-4-8-14-38)22-24-49(26-28-50)32-46(54)61-35-40-17-11-6-12-18-40/h4-20,29H,3,21-28,30-37H2,1-2H3. The van der Waals surface area contributed by atoms with Crippen LogP contribution in [0.25, 0.3) is 0 Å². The van der Waals surface area contributed by atoms with Gasteiger partial charge in [-0.15, -0.1) is 0 Å². The number of ether oxygens (including phenoxy) is 4. The summed E-state index contributed by atoms with van der Waals surface area (Å²) in [6, 6.07) is 32.4. The number of non-ortho nitro benzene ring substituents is 1. The number of nitro benzene ring substituents is 1. The van der Waals surface area contributed by atoms with E-state index in [2.05, 4.69) is 0 Å². The number of rotatable bonds is 20. The first-order valence-corrected chi connectivity index (χ1v) is 23.0. The normalized spacial score (nSPS) is 15.8. The number of methoxy groups -OCH3 is 1. The number of esters is 3. The van der Waals surface area contributed by atoms with E-state index in [9.17, 15) is 29.1 Å². The minimum absolute atomic E-state index is 0.0177. The Kier molecular flexibility index (Phi) is 19.7. The van der Waals surface area contributed by atoms with Crippen molar-refractivity contribution in [3.63, 3.8) is 0 Å². The number of nitro groups is 1. The summed E-state index contributed by atoms with van der Waals surface area (Å²) < 4.78 is 43.3. The van der Waals surface area contributed by atoms with Crippen molar-refractivity contribution in [1.82, 2.24) is 19.6 Å². The van der Waals surface area contributed by atoms with Gasteiger partial charge in [-0.2, -0.15) is 0 Å². The molecule has 0 radical (unpaired) electrons. The van der Waals surface area contributed by atoms with E-state index in [1.54, 1.807) is 6.92 Å². The molecule has 0 amide bonds. The van der Waals surface area contributed by atoms with Crippen molar-refractivity contribution in [2.75, 3.05) is 92.0 Å². The lowest BCUT2D eigenvalue weighted by atomic mass is 10.2. The van der Waals surface area contributed by atoms with Crippen molar-refractivity contribution in [3.05, 3.63) is 142 Å². The van der Waals surface area contributed by atoms with Gasteiger partial charge in [-0.3, -0.25) is 48.7 Å². The molecule has 0 spiro atoms. The van der Waals surface area contributed by atoms with Crippen LogP contribution in [-0.4, -0.2) is 134 Å². The summed E-state index contributed by atoms with van der Waals surface area (Å²) in [7, 11) is -2.13. The van der Waals surface area contributed by atoms with Gasteiger partial charge in [0.05, 0.1) is 50.7 Å². The van der Waals surface area contributed by atoms with Crippen molar-refractivity contribution in [3.8, 4) is 5.75 Å². The highest BCUT2D eigenvalue weighted by Crippen LogP contribution is 2.52. The molecule has 16 nitrogen and oxygen atoms in total. The minimum Gasteiger partial charge on any atom is -0.496 e. The largest absolute Gasteiger partial charge is 0.496 e. The predicted octanol–water partition coefficient (Wildman–Crippen LogP) is 5.83. The zero-order valence-corrected chi connectivity index (χ0v) is 37.0. The number of carbonyl (C=O) groups excluding carboxylic acids is 3. The maximum Gasteiger partial charge on any atom is 0.320 e. The summed E-state index contributed by atoms with van der Waals surface area (Å²) in [6.45, 7) is 4.97. The SMILES string of the molecule is CCOP(=O)(Cc1cc([N+](=O)[O-])ccc1OC)CN1CCN(CC(=O)OCc2ccccc2)CCN(CC(=O)OCc2ccccc2)CCN(CC(=O)OCc2ccccc2)CC1. The Morgan fingerprint density at radius 1 is 0.603 bits per heavy atom. The average molecular weight is 888 g/mol. The van der Waals surface area contributed by atoms with Gasteiger partial charge < -0.3 is 23.5 Å². The first-order chi connectivity index (χ1) is 30.5. The number of carbonyl (C=O) groups is 3. The molecule has 4 aromatic rings. The molecular weight excluding hydrogens is 830 g/mol. The second-order valence-electron chi connectivity index (χ2n) is 15.2. The molecular formula is C46H58N5O11P. The molecule has 1 atom stereocenters. The smallest absolute Gasteiger partial charge is 0.320 e. The summed E-state index contributed by atoms with van der Waals surface area (Å²) in [4.78, 5) is 58.9. The quantitative estimate of drug-likeness (QED) is 0.0341. The topological polar surface area (TPSA) is 171 Å². The molecule has 5 rings (SSSR count). The second-order valence-corrected chi connectivity index (χ2v) is 17.7. The molecule has 1 saturated heterocycles. The molecule has 17 heteroatoms. The first kappa shape index (κ1) is 48.6. The molecule has 63 heavy (non-hydrogen) atoms. The lowest BCUT2D eigenvalue weighted by Gasteiger charge is -2.34. The summed E-state index contributed by atoms with van der Waals surface area (Å²) in [5.74, 6) is -0.913. The zero-order valence-electron chi connectivity index (χ0n) is 36.1. The van der Waals surface area contributed by atoms with Crippen molar-refractivity contribution in [1.29, 1.82) is 0 Å². The first-order valence-electron chi connectivity index (χ1n) is 21.0. The van der Waals surface area contributed by atoms with E-state index in [4.69, 9.17) is 23.5 Å². The highest BCUT2D eigenvalue weighted by atomic mass is 31.2. The second kappa shape index (κ2) is 25.6. The lowest BCUT2D eigenvalue weighted by molar-refractivity contribution is -0.384. The van der Waals surface area contributed by atoms with Crippen LogP contribution in [0, 0.1) is 10.1 Å². The van der Waals surface area contributed by atoms with Crippen molar-refractivity contribution in [2.24, 2.45) is 0 Å². The van der Waals surface area contributed by atoms with Crippen LogP contribution >= 0.6 is 7.37 Å². The van der Waals surface area contributed by atoms with Gasteiger partial charge in [0.25, 0.3) is 5.69 Å². The Bertz CT molecular complexity index is 2020. The monoisotopic (exact) mass is 887 g/mol. The van der Waals surface area contributed by atoms with E-state index in [0.717, 1.165) is 16.7 Å². The summed E-state index contributed by atoms with van der Waals surface area (Å²) in [5.41, 5.74) is 2.79. The molecule has 0 bridgehead atoms. The van der Waals surface area contributed by atoms with Gasteiger partial charge in [-0.05, 0) is 29.7 Å². The van der Waals surface area contributed by atoms with E-state index >= 15 is 0 Å². The zero-order chi connectivity index (χ0) is 44.9. The number of benzene rings is 4. The Morgan fingerprint density at radius 3 is 1.33 bits per heavy atom. The fourth-order valence-corrected chi connectivity index (χ4v) is 9.43. The lowest BCUT2D eigenvalue weighted by Crippen LogP contribution is -2.48. The van der Waals surface area contributed by atoms with Crippen LogP contribution in [0.15, 0.2) is 109 Å². The third-order valence-electron chi connectivity index (χ3n) is 10.4. The number of nitrogens with zero attached hydrogens (tertiary/aromatic N) is 5. The van der Waals surface area contributed by atoms with Crippen molar-refractivity contribution >= 4 is 31.0 Å². The molecule has 338 valence electrons. The van der Waals surface area contributed by atoms with E-state index in [1.165, 1.54) is 25.3 Å². The van der Waals surface area contributed by atoms with Crippen LogP contribution < -0.4 is 4.74 Å². The van der Waals surface area contributed by atoms with Gasteiger partial charge >= 0.3 is 17.9 Å². The Hall–Kier alpha value is -5.48. The van der Waals surface area contributed by atoms with Gasteiger partial charge in [0.2, 0.25) is 7.37 Å². The molecule has 0 N–H and O–H groups in total. The van der Waals surface area contributed by atoms with Gasteiger partial charge in [0.1, 0.15) is 25.6 Å². The molecule has 1 heterocycles. The minimum atomic E-state index is -3.57. The molecule has 1 unspecified atom stereocenters. The average Bonchev–Trinajstić information content (AvgIpc) is 3.28. The molecule has 0 aromatic heterocycles.